The van der Waals surface area contributed by atoms with Crippen LogP contribution in [0.1, 0.15) is 18.9 Å². The van der Waals surface area contributed by atoms with E-state index < -0.39 is 0 Å². The van der Waals surface area contributed by atoms with Gasteiger partial charge in [-0.3, -0.25) is 9.69 Å². The zero-order valence-corrected chi connectivity index (χ0v) is 14.2. The lowest BCUT2D eigenvalue weighted by Crippen LogP contribution is -2.20. The van der Waals surface area contributed by atoms with Crippen LogP contribution in [0, 0.1) is 5.92 Å². The molecular weight excluding hydrogens is 308 g/mol. The lowest BCUT2D eigenvalue weighted by molar-refractivity contribution is 0.322. The van der Waals surface area contributed by atoms with E-state index in [0.29, 0.717) is 11.4 Å². The van der Waals surface area contributed by atoms with Crippen LogP contribution in [0.3, 0.4) is 0 Å². The lowest BCUT2D eigenvalue weighted by Gasteiger charge is -2.15. The summed E-state index contributed by atoms with van der Waals surface area (Å²) in [7, 11) is 0. The van der Waals surface area contributed by atoms with Crippen LogP contribution in [-0.4, -0.2) is 38.7 Å². The molecule has 122 valence electrons. The van der Waals surface area contributed by atoms with Crippen LogP contribution < -0.4 is 5.56 Å². The molecule has 3 heterocycles. The number of nitrogens with one attached hydrogen (secondary N) is 2. The van der Waals surface area contributed by atoms with Gasteiger partial charge in [0.25, 0.3) is 5.56 Å². The zero-order valence-electron chi connectivity index (χ0n) is 13.3. The number of aromatic amines is 2. The molecule has 6 heteroatoms. The summed E-state index contributed by atoms with van der Waals surface area (Å²) in [5, 5.41) is 0. The van der Waals surface area contributed by atoms with Gasteiger partial charge in [-0.2, -0.15) is 0 Å². The van der Waals surface area contributed by atoms with Crippen molar-refractivity contribution < 1.29 is 0 Å². The van der Waals surface area contributed by atoms with Crippen molar-refractivity contribution in [3.8, 4) is 0 Å². The molecule has 1 aliphatic rings. The van der Waals surface area contributed by atoms with Crippen LogP contribution in [0.5, 0.6) is 0 Å². The minimum Gasteiger partial charge on any atom is -0.355 e. The minimum atomic E-state index is -0.112. The molecule has 0 bridgehead atoms. The van der Waals surface area contributed by atoms with E-state index in [-0.39, 0.29) is 5.56 Å². The summed E-state index contributed by atoms with van der Waals surface area (Å²) in [6.45, 7) is 9.09. The van der Waals surface area contributed by atoms with Gasteiger partial charge in [-0.25, -0.2) is 4.98 Å². The van der Waals surface area contributed by atoms with Crippen LogP contribution in [-0.2, 0) is 6.54 Å². The van der Waals surface area contributed by atoms with Crippen LogP contribution in [0.4, 0.5) is 0 Å². The van der Waals surface area contributed by atoms with Gasteiger partial charge in [0.2, 0.25) is 0 Å². The van der Waals surface area contributed by atoms with Gasteiger partial charge in [0.05, 0.1) is 11.8 Å². The smallest absolute Gasteiger partial charge is 0.275 e. The van der Waals surface area contributed by atoms with E-state index in [1.165, 1.54) is 12.7 Å². The Morgan fingerprint density at radius 2 is 2.43 bits per heavy atom. The van der Waals surface area contributed by atoms with Gasteiger partial charge >= 0.3 is 0 Å². The minimum absolute atomic E-state index is 0.112. The molecule has 0 saturated carbocycles. The Kier molecular flexibility index (Phi) is 5.03. The number of aromatic nitrogens is 3. The molecule has 1 saturated heterocycles. The molecule has 0 unspecified atom stereocenters. The van der Waals surface area contributed by atoms with Gasteiger partial charge in [0.1, 0.15) is 5.52 Å². The maximum absolute atomic E-state index is 11.7. The van der Waals surface area contributed by atoms with Crippen molar-refractivity contribution in [3.63, 3.8) is 0 Å². The summed E-state index contributed by atoms with van der Waals surface area (Å²) >= 11 is 1.84. The predicted molar refractivity (Wildman–Crippen MR) is 96.5 cm³/mol. The Morgan fingerprint density at radius 3 is 3.26 bits per heavy atom. The highest BCUT2D eigenvalue weighted by molar-refractivity contribution is 8.03. The number of fused-ring (bicyclic) bond motifs is 1. The first kappa shape index (κ1) is 16.1. The van der Waals surface area contributed by atoms with Crippen molar-refractivity contribution in [1.82, 2.24) is 19.9 Å². The Morgan fingerprint density at radius 1 is 1.57 bits per heavy atom. The first-order valence-corrected chi connectivity index (χ1v) is 8.86. The van der Waals surface area contributed by atoms with Crippen molar-refractivity contribution in [3.05, 3.63) is 52.1 Å². The standard InChI is InChI=1S/C17H22N4OS/c1-3-4-12(2)23-10-13-5-6-21(8-13)9-14-7-18-16-15(14)19-11-20-17(16)22/h3-4,7,11,13,18H,2,5-6,8-10H2,1H3,(H,19,20,22)/b4-3-/t13-/m1/s1. The van der Waals surface area contributed by atoms with Crippen LogP contribution in [0.2, 0.25) is 0 Å². The second-order valence-electron chi connectivity index (χ2n) is 5.94. The first-order valence-electron chi connectivity index (χ1n) is 7.87. The fourth-order valence-corrected chi connectivity index (χ4v) is 3.97. The quantitative estimate of drug-likeness (QED) is 0.799. The molecule has 0 radical (unpaired) electrons. The maximum Gasteiger partial charge on any atom is 0.275 e. The summed E-state index contributed by atoms with van der Waals surface area (Å²) in [5.41, 5.74) is 2.33. The van der Waals surface area contributed by atoms with Gasteiger partial charge in [-0.1, -0.05) is 18.7 Å². The highest BCUT2D eigenvalue weighted by Crippen LogP contribution is 2.26. The third-order valence-corrected chi connectivity index (χ3v) is 5.31. The molecule has 3 rings (SSSR count). The Hall–Kier alpha value is -1.79. The number of H-pyrrole nitrogens is 2. The summed E-state index contributed by atoms with van der Waals surface area (Å²) in [5.74, 6) is 1.81. The largest absolute Gasteiger partial charge is 0.355 e. The summed E-state index contributed by atoms with van der Waals surface area (Å²) in [6, 6.07) is 0. The van der Waals surface area contributed by atoms with Crippen molar-refractivity contribution in [1.29, 1.82) is 0 Å². The van der Waals surface area contributed by atoms with Crippen LogP contribution >= 0.6 is 11.8 Å². The molecule has 2 aromatic heterocycles. The van der Waals surface area contributed by atoms with Gasteiger partial charge in [-0.05, 0) is 30.7 Å². The molecule has 0 amide bonds. The molecule has 23 heavy (non-hydrogen) atoms. The highest BCUT2D eigenvalue weighted by Gasteiger charge is 2.23. The number of hydrogen-bond donors (Lipinski definition) is 2. The molecule has 1 fully saturated rings. The zero-order chi connectivity index (χ0) is 16.2. The number of thioether (sulfide) groups is 1. The van der Waals surface area contributed by atoms with E-state index >= 15 is 0 Å². The van der Waals surface area contributed by atoms with E-state index in [4.69, 9.17) is 0 Å². The van der Waals surface area contributed by atoms with Gasteiger partial charge in [-0.15, -0.1) is 11.8 Å². The number of allylic oxidation sites excluding steroid dienone is 2. The van der Waals surface area contributed by atoms with Crippen LogP contribution in [0.15, 0.2) is 41.0 Å². The Balaban J connectivity index is 1.58. The Labute approximate surface area is 139 Å². The van der Waals surface area contributed by atoms with E-state index in [1.54, 1.807) is 0 Å². The van der Waals surface area contributed by atoms with Crippen molar-refractivity contribution in [2.24, 2.45) is 5.92 Å². The van der Waals surface area contributed by atoms with Crippen molar-refractivity contribution in [2.75, 3.05) is 18.8 Å². The lowest BCUT2D eigenvalue weighted by atomic mass is 10.2. The molecule has 0 aliphatic carbocycles. The van der Waals surface area contributed by atoms with Crippen LogP contribution in [0.25, 0.3) is 11.0 Å². The summed E-state index contributed by atoms with van der Waals surface area (Å²) in [6.07, 6.45) is 8.68. The first-order chi connectivity index (χ1) is 11.2. The molecule has 1 atom stereocenters. The van der Waals surface area contributed by atoms with Gasteiger partial charge < -0.3 is 9.97 Å². The fraction of sp³-hybridized carbons (Fsp3) is 0.412. The molecule has 2 aromatic rings. The second-order valence-corrected chi connectivity index (χ2v) is 7.08. The SMILES string of the molecule is C=C(/C=C\C)SC[C@@H]1CCN(Cc2c[nH]c3c(=O)[nH]cnc23)C1. The average molecular weight is 330 g/mol. The molecule has 1 aliphatic heterocycles. The summed E-state index contributed by atoms with van der Waals surface area (Å²) < 4.78 is 0. The molecule has 0 aromatic carbocycles. The van der Waals surface area contributed by atoms with Gasteiger partial charge in [0, 0.05) is 30.6 Å². The van der Waals surface area contributed by atoms with Gasteiger partial charge in [0.15, 0.2) is 0 Å². The summed E-state index contributed by atoms with van der Waals surface area (Å²) in [4.78, 5) is 25.2. The van der Waals surface area contributed by atoms with E-state index in [1.807, 2.05) is 31.0 Å². The third-order valence-electron chi connectivity index (χ3n) is 4.17. The number of nitrogens with zero attached hydrogens (tertiary/aromatic N) is 2. The van der Waals surface area contributed by atoms with Crippen molar-refractivity contribution in [2.45, 2.75) is 19.9 Å². The van der Waals surface area contributed by atoms with E-state index in [2.05, 4.69) is 32.5 Å². The molecule has 0 spiro atoms. The predicted octanol–water partition coefficient (Wildman–Crippen LogP) is 2.90. The maximum atomic E-state index is 11.7. The number of hydrogen-bond acceptors (Lipinski definition) is 4. The molecule has 5 nitrogen and oxygen atoms in total. The fourth-order valence-electron chi connectivity index (χ4n) is 3.02. The number of rotatable bonds is 6. The Bertz CT molecular complexity index is 776. The van der Waals surface area contributed by atoms with E-state index in [0.717, 1.165) is 41.4 Å². The second kappa shape index (κ2) is 7.19. The monoisotopic (exact) mass is 330 g/mol. The number of likely N-dealkylation sites (tertiary alicyclic amines) is 1. The van der Waals surface area contributed by atoms with Crippen molar-refractivity contribution >= 4 is 22.8 Å². The third kappa shape index (κ3) is 3.76. The van der Waals surface area contributed by atoms with E-state index in [9.17, 15) is 4.79 Å². The molecule has 2 N–H and O–H groups in total. The molecular formula is C17H22N4OS. The highest BCUT2D eigenvalue weighted by atomic mass is 32.2. The average Bonchev–Trinajstić information content (AvgIpc) is 3.14. The normalized spacial score (nSPS) is 19.1. The topological polar surface area (TPSA) is 64.8 Å².